The summed E-state index contributed by atoms with van der Waals surface area (Å²) in [6, 6.07) is 3.95. The van der Waals surface area contributed by atoms with E-state index < -0.39 is 41.2 Å². The molecule has 0 bridgehead atoms. The number of nitrogens with zero attached hydrogens (tertiary/aromatic N) is 1. The van der Waals surface area contributed by atoms with E-state index in [4.69, 9.17) is 14.2 Å². The van der Waals surface area contributed by atoms with Gasteiger partial charge in [-0.1, -0.05) is 13.8 Å². The summed E-state index contributed by atoms with van der Waals surface area (Å²) in [6.07, 6.45) is -0.0407. The van der Waals surface area contributed by atoms with Crippen molar-refractivity contribution >= 4 is 17.8 Å². The van der Waals surface area contributed by atoms with Crippen molar-refractivity contribution in [2.24, 2.45) is 5.92 Å². The number of carboxylic acid groups (broad SMARTS) is 1. The van der Waals surface area contributed by atoms with Crippen molar-refractivity contribution in [1.82, 2.24) is 4.90 Å². The highest BCUT2D eigenvalue weighted by molar-refractivity contribution is 5.96. The monoisotopic (exact) mass is 495 g/mol. The number of halogens is 1. The number of carboxylic acids is 1. The molecule has 0 aromatic heterocycles. The van der Waals surface area contributed by atoms with Crippen LogP contribution in [0.1, 0.15) is 78.1 Å². The van der Waals surface area contributed by atoms with Crippen LogP contribution in [0.2, 0.25) is 0 Å². The van der Waals surface area contributed by atoms with Crippen LogP contribution < -0.4 is 0 Å². The Morgan fingerprint density at radius 2 is 1.71 bits per heavy atom. The summed E-state index contributed by atoms with van der Waals surface area (Å²) in [5.41, 5.74) is -0.407. The molecule has 8 nitrogen and oxygen atoms in total. The fourth-order valence-electron chi connectivity index (χ4n) is 4.28. The highest BCUT2D eigenvalue weighted by atomic mass is 19.1. The Kier molecular flexibility index (Phi) is 9.42. The third-order valence-corrected chi connectivity index (χ3v) is 5.51. The predicted octanol–water partition coefficient (Wildman–Crippen LogP) is 4.41. The fourth-order valence-corrected chi connectivity index (χ4v) is 4.28. The molecule has 0 aliphatic carbocycles. The van der Waals surface area contributed by atoms with Gasteiger partial charge in [-0.3, -0.25) is 9.59 Å². The van der Waals surface area contributed by atoms with Crippen LogP contribution in [0.5, 0.6) is 0 Å². The number of amides is 1. The van der Waals surface area contributed by atoms with E-state index in [-0.39, 0.29) is 36.5 Å². The summed E-state index contributed by atoms with van der Waals surface area (Å²) in [6.45, 7) is 12.4. The Balaban J connectivity index is 2.18. The molecular weight excluding hydrogens is 457 g/mol. The van der Waals surface area contributed by atoms with Gasteiger partial charge in [0.15, 0.2) is 5.79 Å². The molecule has 1 fully saturated rings. The van der Waals surface area contributed by atoms with Gasteiger partial charge in [0.05, 0.1) is 18.6 Å². The van der Waals surface area contributed by atoms with Gasteiger partial charge in [-0.2, -0.15) is 0 Å². The summed E-state index contributed by atoms with van der Waals surface area (Å²) in [5, 5.41) is 9.85. The zero-order chi connectivity index (χ0) is 26.6. The Morgan fingerprint density at radius 1 is 1.14 bits per heavy atom. The summed E-state index contributed by atoms with van der Waals surface area (Å²) >= 11 is 0. The molecule has 3 atom stereocenters. The van der Waals surface area contributed by atoms with Gasteiger partial charge in [-0.25, -0.2) is 9.18 Å². The van der Waals surface area contributed by atoms with Crippen molar-refractivity contribution in [3.05, 3.63) is 35.6 Å². The molecule has 1 heterocycles. The second kappa shape index (κ2) is 11.5. The lowest BCUT2D eigenvalue weighted by Gasteiger charge is -2.41. The lowest BCUT2D eigenvalue weighted by molar-refractivity contribution is -0.301. The first kappa shape index (κ1) is 28.7. The van der Waals surface area contributed by atoms with Crippen molar-refractivity contribution < 1.29 is 38.1 Å². The quantitative estimate of drug-likeness (QED) is 0.506. The van der Waals surface area contributed by atoms with E-state index in [1.165, 1.54) is 29.2 Å². The third kappa shape index (κ3) is 8.89. The molecule has 1 saturated heterocycles. The normalized spacial score (nSPS) is 20.8. The minimum atomic E-state index is -1.12. The largest absolute Gasteiger partial charge is 0.480 e. The van der Waals surface area contributed by atoms with Gasteiger partial charge in [-0.05, 0) is 71.2 Å². The summed E-state index contributed by atoms with van der Waals surface area (Å²) < 4.78 is 30.7. The zero-order valence-electron chi connectivity index (χ0n) is 21.7. The molecule has 35 heavy (non-hydrogen) atoms. The lowest BCUT2D eigenvalue weighted by atomic mass is 9.99. The first-order valence-corrected chi connectivity index (χ1v) is 11.9. The Labute approximate surface area is 206 Å². The van der Waals surface area contributed by atoms with E-state index in [0.29, 0.717) is 12.8 Å². The van der Waals surface area contributed by atoms with Gasteiger partial charge in [0, 0.05) is 18.5 Å². The van der Waals surface area contributed by atoms with E-state index in [0.717, 1.165) is 0 Å². The first-order chi connectivity index (χ1) is 16.1. The Morgan fingerprint density at radius 3 is 2.23 bits per heavy atom. The number of carbonyl (C=O) groups is 3. The van der Waals surface area contributed by atoms with Crippen LogP contribution in [0, 0.1) is 11.7 Å². The molecular formula is C26H38FNO7. The number of hydrogen-bond donors (Lipinski definition) is 1. The molecule has 1 aliphatic rings. The van der Waals surface area contributed by atoms with Gasteiger partial charge >= 0.3 is 11.9 Å². The van der Waals surface area contributed by atoms with Gasteiger partial charge in [0.2, 0.25) is 0 Å². The average Bonchev–Trinajstić information content (AvgIpc) is 2.67. The molecule has 1 aromatic rings. The molecule has 0 spiro atoms. The third-order valence-electron chi connectivity index (χ3n) is 5.51. The number of aliphatic carboxylic acids is 1. The van der Waals surface area contributed by atoms with E-state index in [1.54, 1.807) is 48.5 Å². The van der Waals surface area contributed by atoms with E-state index in [1.807, 2.05) is 0 Å². The molecule has 0 saturated carbocycles. The second-order valence-electron chi connectivity index (χ2n) is 10.7. The first-order valence-electron chi connectivity index (χ1n) is 11.9. The molecule has 9 heteroatoms. The van der Waals surface area contributed by atoms with E-state index in [2.05, 4.69) is 0 Å². The standard InChI is InChI=1S/C26H38FNO7/c1-16(2)22(24(31)32)28(23(30)17-8-10-18(27)11-9-17)13-12-19-14-20(34-26(6,7)33-19)15-21(29)35-25(3,4)5/h8-11,16,19-20,22H,12-15H2,1-7H3,(H,31,32). The molecule has 1 aliphatic heterocycles. The molecule has 1 aromatic carbocycles. The van der Waals surface area contributed by atoms with Crippen LogP contribution in [-0.2, 0) is 23.8 Å². The maximum absolute atomic E-state index is 13.4. The second-order valence-corrected chi connectivity index (χ2v) is 10.7. The molecule has 1 N–H and O–H groups in total. The van der Waals surface area contributed by atoms with Crippen molar-refractivity contribution in [3.63, 3.8) is 0 Å². The lowest BCUT2D eigenvalue weighted by Crippen LogP contribution is -2.51. The number of benzene rings is 1. The van der Waals surface area contributed by atoms with Gasteiger partial charge in [0.25, 0.3) is 5.91 Å². The number of ether oxygens (including phenoxy) is 3. The summed E-state index contributed by atoms with van der Waals surface area (Å²) in [7, 11) is 0. The maximum Gasteiger partial charge on any atom is 0.326 e. The van der Waals surface area contributed by atoms with Crippen LogP contribution in [0.25, 0.3) is 0 Å². The van der Waals surface area contributed by atoms with Crippen molar-refractivity contribution in [3.8, 4) is 0 Å². The molecule has 3 unspecified atom stereocenters. The number of esters is 1. The highest BCUT2D eigenvalue weighted by Gasteiger charge is 2.39. The summed E-state index contributed by atoms with van der Waals surface area (Å²) in [4.78, 5) is 39.0. The minimum Gasteiger partial charge on any atom is -0.480 e. The van der Waals surface area contributed by atoms with Crippen molar-refractivity contribution in [1.29, 1.82) is 0 Å². The fraction of sp³-hybridized carbons (Fsp3) is 0.654. The van der Waals surface area contributed by atoms with Gasteiger partial charge in [-0.15, -0.1) is 0 Å². The van der Waals surface area contributed by atoms with Crippen LogP contribution in [0.4, 0.5) is 4.39 Å². The topological polar surface area (TPSA) is 102 Å². The Bertz CT molecular complexity index is 892. The minimum absolute atomic E-state index is 0.0581. The van der Waals surface area contributed by atoms with Gasteiger partial charge in [0.1, 0.15) is 17.5 Å². The van der Waals surface area contributed by atoms with Gasteiger partial charge < -0.3 is 24.2 Å². The van der Waals surface area contributed by atoms with Crippen molar-refractivity contribution in [2.45, 2.75) is 97.4 Å². The maximum atomic E-state index is 13.4. The highest BCUT2D eigenvalue weighted by Crippen LogP contribution is 2.31. The van der Waals surface area contributed by atoms with E-state index in [9.17, 15) is 23.9 Å². The zero-order valence-corrected chi connectivity index (χ0v) is 21.7. The SMILES string of the molecule is CC(C)C(C(=O)O)N(CCC1CC(CC(=O)OC(C)(C)C)OC(C)(C)O1)C(=O)c1ccc(F)cc1. The number of carbonyl (C=O) groups excluding carboxylic acids is 2. The molecule has 1 amide bonds. The molecule has 196 valence electrons. The number of rotatable bonds is 9. The molecule has 2 rings (SSSR count). The van der Waals surface area contributed by atoms with E-state index >= 15 is 0 Å². The van der Waals surface area contributed by atoms with Crippen molar-refractivity contribution in [2.75, 3.05) is 6.54 Å². The number of hydrogen-bond acceptors (Lipinski definition) is 6. The van der Waals surface area contributed by atoms with Crippen LogP contribution in [0.3, 0.4) is 0 Å². The van der Waals surface area contributed by atoms with Crippen LogP contribution in [0.15, 0.2) is 24.3 Å². The smallest absolute Gasteiger partial charge is 0.326 e. The molecule has 0 radical (unpaired) electrons. The average molecular weight is 496 g/mol. The Hall–Kier alpha value is -2.52. The predicted molar refractivity (Wildman–Crippen MR) is 127 cm³/mol. The summed E-state index contributed by atoms with van der Waals surface area (Å²) in [5.74, 6) is -3.80. The van der Waals surface area contributed by atoms with Crippen LogP contribution in [-0.4, -0.2) is 64.0 Å². The van der Waals surface area contributed by atoms with Crippen LogP contribution >= 0.6 is 0 Å².